The summed E-state index contributed by atoms with van der Waals surface area (Å²) in [6, 6.07) is 14.0. The van der Waals surface area contributed by atoms with E-state index in [0.717, 1.165) is 11.3 Å². The molecule has 1 N–H and O–H groups in total. The van der Waals surface area contributed by atoms with Crippen LogP contribution in [-0.4, -0.2) is 15.0 Å². The van der Waals surface area contributed by atoms with Gasteiger partial charge in [-0.15, -0.1) is 0 Å². The lowest BCUT2D eigenvalue weighted by atomic mass is 10.1. The predicted molar refractivity (Wildman–Crippen MR) is 93.2 cm³/mol. The Morgan fingerprint density at radius 1 is 1.13 bits per heavy atom. The summed E-state index contributed by atoms with van der Waals surface area (Å²) in [4.78, 5) is 0. The molecule has 0 spiro atoms. The molecule has 2 aromatic rings. The highest BCUT2D eigenvalue weighted by Gasteiger charge is 2.17. The molecule has 0 aliphatic heterocycles. The van der Waals surface area contributed by atoms with Gasteiger partial charge in [0.25, 0.3) is 0 Å². The van der Waals surface area contributed by atoms with E-state index in [9.17, 15) is 8.42 Å². The van der Waals surface area contributed by atoms with Gasteiger partial charge in [0.2, 0.25) is 10.0 Å². The van der Waals surface area contributed by atoms with Crippen molar-refractivity contribution >= 4 is 21.6 Å². The second-order valence-corrected chi connectivity index (χ2v) is 7.35. The summed E-state index contributed by atoms with van der Waals surface area (Å²) in [5.74, 6) is 0.621. The highest BCUT2D eigenvalue weighted by Crippen LogP contribution is 2.21. The minimum atomic E-state index is -3.49. The largest absolute Gasteiger partial charge is 0.494 e. The molecule has 4 nitrogen and oxygen atoms in total. The van der Waals surface area contributed by atoms with Crippen molar-refractivity contribution in [2.24, 2.45) is 0 Å². The molecule has 0 amide bonds. The lowest BCUT2D eigenvalue weighted by Gasteiger charge is -2.15. The Balaban J connectivity index is 2.06. The van der Waals surface area contributed by atoms with Crippen LogP contribution in [0.15, 0.2) is 48.5 Å². The zero-order valence-corrected chi connectivity index (χ0v) is 14.7. The van der Waals surface area contributed by atoms with E-state index in [-0.39, 0.29) is 11.8 Å². The van der Waals surface area contributed by atoms with Crippen LogP contribution in [0.5, 0.6) is 5.75 Å². The molecule has 0 bridgehead atoms. The molecule has 0 saturated heterocycles. The number of rotatable bonds is 7. The van der Waals surface area contributed by atoms with E-state index >= 15 is 0 Å². The van der Waals surface area contributed by atoms with Crippen LogP contribution in [0.2, 0.25) is 5.02 Å². The molecular weight excluding hydrogens is 334 g/mol. The van der Waals surface area contributed by atoms with Gasteiger partial charge in [-0.25, -0.2) is 13.1 Å². The smallest absolute Gasteiger partial charge is 0.216 e. The first-order chi connectivity index (χ1) is 10.9. The van der Waals surface area contributed by atoms with E-state index in [1.165, 1.54) is 0 Å². The highest BCUT2D eigenvalue weighted by atomic mass is 35.5. The number of sulfonamides is 1. The Labute approximate surface area is 142 Å². The summed E-state index contributed by atoms with van der Waals surface area (Å²) < 4.78 is 32.7. The molecule has 0 radical (unpaired) electrons. The van der Waals surface area contributed by atoms with Gasteiger partial charge >= 0.3 is 0 Å². The van der Waals surface area contributed by atoms with Crippen molar-refractivity contribution in [3.05, 3.63) is 64.7 Å². The van der Waals surface area contributed by atoms with Crippen LogP contribution >= 0.6 is 11.6 Å². The standard InChI is InChI=1S/C17H20ClNO3S/c1-3-22-16-10-8-14(9-11-16)13(2)19-23(20,21)12-15-6-4-5-7-17(15)18/h4-11,13,19H,3,12H2,1-2H3. The predicted octanol–water partition coefficient (Wildman–Crippen LogP) is 3.92. The molecule has 0 fully saturated rings. The topological polar surface area (TPSA) is 55.4 Å². The normalized spacial score (nSPS) is 12.8. The van der Waals surface area contributed by atoms with Crippen LogP contribution in [-0.2, 0) is 15.8 Å². The molecule has 124 valence electrons. The maximum Gasteiger partial charge on any atom is 0.216 e. The van der Waals surface area contributed by atoms with Crippen molar-refractivity contribution in [3.8, 4) is 5.75 Å². The minimum absolute atomic E-state index is 0.145. The minimum Gasteiger partial charge on any atom is -0.494 e. The summed E-state index contributed by atoms with van der Waals surface area (Å²) in [7, 11) is -3.49. The molecule has 6 heteroatoms. The molecule has 1 atom stereocenters. The van der Waals surface area contributed by atoms with Crippen molar-refractivity contribution in [2.45, 2.75) is 25.6 Å². The fourth-order valence-electron chi connectivity index (χ4n) is 2.22. The van der Waals surface area contributed by atoms with Crippen molar-refractivity contribution in [1.29, 1.82) is 0 Å². The quantitative estimate of drug-likeness (QED) is 0.820. The van der Waals surface area contributed by atoms with Gasteiger partial charge in [-0.05, 0) is 43.2 Å². The highest BCUT2D eigenvalue weighted by molar-refractivity contribution is 7.88. The average Bonchev–Trinajstić information content (AvgIpc) is 2.50. The fourth-order valence-corrected chi connectivity index (χ4v) is 3.92. The molecule has 1 unspecified atom stereocenters. The van der Waals surface area contributed by atoms with Crippen molar-refractivity contribution in [1.82, 2.24) is 4.72 Å². The lowest BCUT2D eigenvalue weighted by Crippen LogP contribution is -2.28. The molecule has 2 aromatic carbocycles. The zero-order chi connectivity index (χ0) is 16.9. The maximum absolute atomic E-state index is 12.3. The third-order valence-corrected chi connectivity index (χ3v) is 5.12. The average molecular weight is 354 g/mol. The van der Waals surface area contributed by atoms with Crippen molar-refractivity contribution < 1.29 is 13.2 Å². The summed E-state index contributed by atoms with van der Waals surface area (Å²) >= 11 is 6.02. The SMILES string of the molecule is CCOc1ccc(C(C)NS(=O)(=O)Cc2ccccc2Cl)cc1. The first kappa shape index (κ1) is 17.8. The van der Waals surface area contributed by atoms with Crippen LogP contribution in [0, 0.1) is 0 Å². The van der Waals surface area contributed by atoms with Crippen molar-refractivity contribution in [3.63, 3.8) is 0 Å². The van der Waals surface area contributed by atoms with Crippen LogP contribution in [0.4, 0.5) is 0 Å². The molecule has 23 heavy (non-hydrogen) atoms. The zero-order valence-electron chi connectivity index (χ0n) is 13.1. The van der Waals surface area contributed by atoms with Crippen LogP contribution in [0.3, 0.4) is 0 Å². The maximum atomic E-state index is 12.3. The van der Waals surface area contributed by atoms with Gasteiger partial charge in [0, 0.05) is 11.1 Å². The van der Waals surface area contributed by atoms with Gasteiger partial charge in [0.05, 0.1) is 12.4 Å². The summed E-state index contributed by atoms with van der Waals surface area (Å²) in [6.07, 6.45) is 0. The van der Waals surface area contributed by atoms with Crippen molar-refractivity contribution in [2.75, 3.05) is 6.61 Å². The summed E-state index contributed by atoms with van der Waals surface area (Å²) in [6.45, 7) is 4.32. The van der Waals surface area contributed by atoms with E-state index in [2.05, 4.69) is 4.72 Å². The van der Waals surface area contributed by atoms with E-state index in [4.69, 9.17) is 16.3 Å². The molecule has 0 aliphatic rings. The third kappa shape index (κ3) is 5.23. The van der Waals surface area contributed by atoms with E-state index in [1.54, 1.807) is 31.2 Å². The second-order valence-electron chi connectivity index (χ2n) is 5.19. The van der Waals surface area contributed by atoms with Crippen LogP contribution < -0.4 is 9.46 Å². The monoisotopic (exact) mass is 353 g/mol. The van der Waals surface area contributed by atoms with Crippen LogP contribution in [0.1, 0.15) is 31.0 Å². The summed E-state index contributed by atoms with van der Waals surface area (Å²) in [5.41, 5.74) is 1.46. The molecule has 0 heterocycles. The Hall–Kier alpha value is -1.56. The lowest BCUT2D eigenvalue weighted by molar-refractivity contribution is 0.340. The van der Waals surface area contributed by atoms with E-state index < -0.39 is 10.0 Å². The van der Waals surface area contributed by atoms with Gasteiger partial charge in [0.1, 0.15) is 5.75 Å². The molecule has 0 saturated carbocycles. The van der Waals surface area contributed by atoms with Gasteiger partial charge in [0.15, 0.2) is 0 Å². The number of hydrogen-bond donors (Lipinski definition) is 1. The third-order valence-electron chi connectivity index (χ3n) is 3.35. The Bertz CT molecular complexity index is 745. The Morgan fingerprint density at radius 2 is 1.78 bits per heavy atom. The first-order valence-corrected chi connectivity index (χ1v) is 9.40. The van der Waals surface area contributed by atoms with Gasteiger partial charge < -0.3 is 4.74 Å². The number of hydrogen-bond acceptors (Lipinski definition) is 3. The Morgan fingerprint density at radius 3 is 2.39 bits per heavy atom. The fraction of sp³-hybridized carbons (Fsp3) is 0.294. The summed E-state index contributed by atoms with van der Waals surface area (Å²) in [5, 5.41) is 0.451. The Kier molecular flexibility index (Phi) is 6.04. The molecular formula is C17H20ClNO3S. The molecule has 0 aromatic heterocycles. The van der Waals surface area contributed by atoms with E-state index in [0.29, 0.717) is 17.2 Å². The second kappa shape index (κ2) is 7.81. The first-order valence-electron chi connectivity index (χ1n) is 7.37. The number of nitrogens with one attached hydrogen (secondary N) is 1. The van der Waals surface area contributed by atoms with Crippen LogP contribution in [0.25, 0.3) is 0 Å². The number of ether oxygens (including phenoxy) is 1. The van der Waals surface area contributed by atoms with Gasteiger partial charge in [-0.2, -0.15) is 0 Å². The van der Waals surface area contributed by atoms with Gasteiger partial charge in [-0.3, -0.25) is 0 Å². The molecule has 2 rings (SSSR count). The number of halogens is 1. The number of benzene rings is 2. The van der Waals surface area contributed by atoms with E-state index in [1.807, 2.05) is 31.2 Å². The molecule has 0 aliphatic carbocycles. The van der Waals surface area contributed by atoms with Gasteiger partial charge in [-0.1, -0.05) is 41.9 Å².